The van der Waals surface area contributed by atoms with E-state index in [1.54, 1.807) is 0 Å². The molecule has 2 heterocycles. The van der Waals surface area contributed by atoms with Crippen molar-refractivity contribution in [3.05, 3.63) is 17.5 Å². The van der Waals surface area contributed by atoms with Gasteiger partial charge in [-0.05, 0) is 38.1 Å². The van der Waals surface area contributed by atoms with Gasteiger partial charge in [-0.2, -0.15) is 0 Å². The molecule has 18 heavy (non-hydrogen) atoms. The highest BCUT2D eigenvalue weighted by molar-refractivity contribution is 5.11. The third-order valence-corrected chi connectivity index (χ3v) is 4.08. The molecule has 2 aliphatic rings. The lowest BCUT2D eigenvalue weighted by atomic mass is 9.98. The molecule has 2 fully saturated rings. The molecule has 0 bridgehead atoms. The third kappa shape index (κ3) is 2.75. The second-order valence-electron chi connectivity index (χ2n) is 5.64. The number of likely N-dealkylation sites (tertiary alicyclic amines) is 1. The van der Waals surface area contributed by atoms with Crippen LogP contribution in [0, 0.1) is 5.92 Å². The van der Waals surface area contributed by atoms with Crippen molar-refractivity contribution in [2.24, 2.45) is 5.92 Å². The molecule has 100 valence electrons. The zero-order chi connectivity index (χ0) is 12.4. The molecule has 0 radical (unpaired) electrons. The normalized spacial score (nSPS) is 25.5. The number of nitrogens with zero attached hydrogens (tertiary/aromatic N) is 2. The summed E-state index contributed by atoms with van der Waals surface area (Å²) in [5.41, 5.74) is 1.07. The number of hydrogen-bond donors (Lipinski definition) is 1. The SMILES string of the molecule is OCCc1cc(C2CCCCN2CC2CC2)no1. The van der Waals surface area contributed by atoms with Crippen molar-refractivity contribution in [1.82, 2.24) is 10.1 Å². The second kappa shape index (κ2) is 5.41. The molecule has 0 aromatic carbocycles. The van der Waals surface area contributed by atoms with Crippen molar-refractivity contribution >= 4 is 0 Å². The maximum absolute atomic E-state index is 8.92. The number of aliphatic hydroxyl groups excluding tert-OH is 1. The molecule has 1 aliphatic carbocycles. The third-order valence-electron chi connectivity index (χ3n) is 4.08. The molecular formula is C14H22N2O2. The first-order valence-corrected chi connectivity index (χ1v) is 7.17. The minimum atomic E-state index is 0.130. The Balaban J connectivity index is 1.69. The average molecular weight is 250 g/mol. The van der Waals surface area contributed by atoms with E-state index >= 15 is 0 Å². The molecule has 4 nitrogen and oxygen atoms in total. The average Bonchev–Trinajstić information content (AvgIpc) is 3.07. The number of hydrogen-bond acceptors (Lipinski definition) is 4. The number of rotatable bonds is 5. The van der Waals surface area contributed by atoms with Crippen molar-refractivity contribution < 1.29 is 9.63 Å². The molecule has 1 N–H and O–H groups in total. The zero-order valence-corrected chi connectivity index (χ0v) is 10.8. The fourth-order valence-electron chi connectivity index (χ4n) is 2.89. The smallest absolute Gasteiger partial charge is 0.139 e. The molecule has 1 saturated heterocycles. The highest BCUT2D eigenvalue weighted by Crippen LogP contribution is 2.36. The van der Waals surface area contributed by atoms with Crippen LogP contribution in [-0.4, -0.2) is 34.9 Å². The van der Waals surface area contributed by atoms with E-state index in [9.17, 15) is 0 Å². The lowest BCUT2D eigenvalue weighted by Crippen LogP contribution is -2.35. The summed E-state index contributed by atoms with van der Waals surface area (Å²) in [4.78, 5) is 2.59. The molecule has 1 saturated carbocycles. The van der Waals surface area contributed by atoms with Crippen LogP contribution in [0.15, 0.2) is 10.6 Å². The number of piperidine rings is 1. The van der Waals surface area contributed by atoms with Gasteiger partial charge in [-0.1, -0.05) is 11.6 Å². The molecule has 4 heteroatoms. The van der Waals surface area contributed by atoms with Crippen LogP contribution in [0.1, 0.15) is 49.6 Å². The molecule has 1 atom stereocenters. The Kier molecular flexibility index (Phi) is 3.66. The van der Waals surface area contributed by atoms with Gasteiger partial charge in [0.05, 0.1) is 12.6 Å². The van der Waals surface area contributed by atoms with Gasteiger partial charge >= 0.3 is 0 Å². The van der Waals surface area contributed by atoms with E-state index in [0.717, 1.165) is 17.4 Å². The Labute approximate surface area is 108 Å². The molecule has 0 spiro atoms. The van der Waals surface area contributed by atoms with E-state index in [-0.39, 0.29) is 6.61 Å². The van der Waals surface area contributed by atoms with Crippen molar-refractivity contribution in [1.29, 1.82) is 0 Å². The first kappa shape index (κ1) is 12.2. The number of aliphatic hydroxyl groups is 1. The number of aromatic nitrogens is 1. The maximum atomic E-state index is 8.92. The van der Waals surface area contributed by atoms with Gasteiger partial charge in [-0.3, -0.25) is 4.90 Å². The van der Waals surface area contributed by atoms with E-state index in [1.807, 2.05) is 6.07 Å². The first-order chi connectivity index (χ1) is 8.86. The van der Waals surface area contributed by atoms with Crippen molar-refractivity contribution in [3.8, 4) is 0 Å². The van der Waals surface area contributed by atoms with Crippen LogP contribution in [0.5, 0.6) is 0 Å². The van der Waals surface area contributed by atoms with Gasteiger partial charge in [-0.15, -0.1) is 0 Å². The summed E-state index contributed by atoms with van der Waals surface area (Å²) in [5.74, 6) is 1.74. The second-order valence-corrected chi connectivity index (χ2v) is 5.64. The molecular weight excluding hydrogens is 228 g/mol. The molecule has 1 unspecified atom stereocenters. The van der Waals surface area contributed by atoms with Crippen LogP contribution in [0.4, 0.5) is 0 Å². The quantitative estimate of drug-likeness (QED) is 0.870. The van der Waals surface area contributed by atoms with Gasteiger partial charge in [0.2, 0.25) is 0 Å². The van der Waals surface area contributed by atoms with E-state index in [1.165, 1.54) is 45.2 Å². The Morgan fingerprint density at radius 3 is 3.00 bits per heavy atom. The van der Waals surface area contributed by atoms with E-state index in [0.29, 0.717) is 12.5 Å². The monoisotopic (exact) mass is 250 g/mol. The van der Waals surface area contributed by atoms with Crippen LogP contribution in [0.2, 0.25) is 0 Å². The van der Waals surface area contributed by atoms with Crippen LogP contribution in [0.25, 0.3) is 0 Å². The largest absolute Gasteiger partial charge is 0.396 e. The Morgan fingerprint density at radius 1 is 1.33 bits per heavy atom. The summed E-state index contributed by atoms with van der Waals surface area (Å²) >= 11 is 0. The van der Waals surface area contributed by atoms with Crippen molar-refractivity contribution in [2.75, 3.05) is 19.7 Å². The van der Waals surface area contributed by atoms with Gasteiger partial charge in [0, 0.05) is 19.0 Å². The summed E-state index contributed by atoms with van der Waals surface area (Å²) in [6.07, 6.45) is 7.16. The van der Waals surface area contributed by atoms with Crippen LogP contribution in [-0.2, 0) is 6.42 Å². The fraction of sp³-hybridized carbons (Fsp3) is 0.786. The van der Waals surface area contributed by atoms with Gasteiger partial charge in [0.15, 0.2) is 0 Å². The summed E-state index contributed by atoms with van der Waals surface area (Å²) in [5, 5.41) is 13.1. The summed E-state index contributed by atoms with van der Waals surface area (Å²) < 4.78 is 5.29. The highest BCUT2D eigenvalue weighted by Gasteiger charge is 2.31. The van der Waals surface area contributed by atoms with E-state index < -0.39 is 0 Å². The van der Waals surface area contributed by atoms with E-state index in [2.05, 4.69) is 10.1 Å². The van der Waals surface area contributed by atoms with Crippen molar-refractivity contribution in [2.45, 2.75) is 44.6 Å². The topological polar surface area (TPSA) is 49.5 Å². The Morgan fingerprint density at radius 2 is 2.22 bits per heavy atom. The Bertz CT molecular complexity index is 387. The molecule has 1 aromatic rings. The molecule has 3 rings (SSSR count). The van der Waals surface area contributed by atoms with Gasteiger partial charge in [0.25, 0.3) is 0 Å². The van der Waals surface area contributed by atoms with Crippen LogP contribution in [0.3, 0.4) is 0 Å². The van der Waals surface area contributed by atoms with Crippen molar-refractivity contribution in [3.63, 3.8) is 0 Å². The summed E-state index contributed by atoms with van der Waals surface area (Å²) in [6.45, 7) is 2.56. The fourth-order valence-corrected chi connectivity index (χ4v) is 2.89. The Hall–Kier alpha value is -0.870. The zero-order valence-electron chi connectivity index (χ0n) is 10.8. The van der Waals surface area contributed by atoms with Gasteiger partial charge < -0.3 is 9.63 Å². The van der Waals surface area contributed by atoms with Crippen LogP contribution >= 0.6 is 0 Å². The predicted octanol–water partition coefficient (Wildman–Crippen LogP) is 2.15. The minimum absolute atomic E-state index is 0.130. The maximum Gasteiger partial charge on any atom is 0.139 e. The molecule has 0 amide bonds. The van der Waals surface area contributed by atoms with Crippen LogP contribution < -0.4 is 0 Å². The standard InChI is InChI=1S/C14H22N2O2/c17-8-6-12-9-13(15-18-12)14-3-1-2-7-16(14)10-11-4-5-11/h9,11,14,17H,1-8,10H2. The molecule has 1 aliphatic heterocycles. The lowest BCUT2D eigenvalue weighted by Gasteiger charge is -2.34. The van der Waals surface area contributed by atoms with Gasteiger partial charge in [-0.25, -0.2) is 0 Å². The summed E-state index contributed by atoms with van der Waals surface area (Å²) in [6, 6.07) is 2.47. The van der Waals surface area contributed by atoms with E-state index in [4.69, 9.17) is 9.63 Å². The van der Waals surface area contributed by atoms with Gasteiger partial charge in [0.1, 0.15) is 11.5 Å². The molecule has 1 aromatic heterocycles. The minimum Gasteiger partial charge on any atom is -0.396 e. The highest BCUT2D eigenvalue weighted by atomic mass is 16.5. The summed E-state index contributed by atoms with van der Waals surface area (Å²) in [7, 11) is 0. The lowest BCUT2D eigenvalue weighted by molar-refractivity contribution is 0.135. The predicted molar refractivity (Wildman–Crippen MR) is 68.2 cm³/mol. The first-order valence-electron chi connectivity index (χ1n) is 7.17.